The predicted molar refractivity (Wildman–Crippen MR) is 31.6 cm³/mol. The van der Waals surface area contributed by atoms with Crippen LogP contribution in [0.1, 0.15) is 0 Å². The zero-order chi connectivity index (χ0) is 7.91. The first-order valence-electron chi connectivity index (χ1n) is 2.07. The molecule has 0 rings (SSSR count). The second-order valence-electron chi connectivity index (χ2n) is 1.01. The van der Waals surface area contributed by atoms with Crippen molar-refractivity contribution in [1.82, 2.24) is 0 Å². The van der Waals surface area contributed by atoms with Crippen molar-refractivity contribution in [2.24, 2.45) is 0 Å². The maximum absolute atomic E-state index is 9.63. The maximum atomic E-state index is 9.63. The molecule has 0 saturated heterocycles. The van der Waals surface area contributed by atoms with Gasteiger partial charge >= 0.3 is 0 Å². The normalized spacial score (nSPS) is 9.78. The van der Waals surface area contributed by atoms with Gasteiger partial charge in [-0.3, -0.25) is 4.55 Å². The highest BCUT2D eigenvalue weighted by molar-refractivity contribution is 7.85. The van der Waals surface area contributed by atoms with Gasteiger partial charge in [0.05, 0.1) is 12.4 Å². The quantitative estimate of drug-likeness (QED) is 0.424. The number of aliphatic hydroxyl groups is 2. The van der Waals surface area contributed by atoms with Crippen molar-refractivity contribution in [2.75, 3.05) is 19.5 Å². The third-order valence-corrected chi connectivity index (χ3v) is 1.05. The Morgan fingerprint density at radius 3 is 1.67 bits per heavy atom. The lowest BCUT2D eigenvalue weighted by Gasteiger charge is -1.85. The first-order chi connectivity index (χ1) is 4.06. The number of aliphatic hydroxyl groups excluding tert-OH is 2. The third-order valence-electron chi connectivity index (χ3n) is 0.349. The zero-order valence-corrected chi connectivity index (χ0v) is 5.80. The van der Waals surface area contributed by atoms with Crippen LogP contribution in [0.25, 0.3) is 0 Å². The van der Waals surface area contributed by atoms with E-state index < -0.39 is 22.5 Å². The monoisotopic (exact) mass is 158 g/mol. The summed E-state index contributed by atoms with van der Waals surface area (Å²) in [7, 11) is -2.92. The van der Waals surface area contributed by atoms with E-state index in [0.29, 0.717) is 0 Å². The highest BCUT2D eigenvalue weighted by Gasteiger charge is 1.99. The van der Waals surface area contributed by atoms with Crippen molar-refractivity contribution in [3.05, 3.63) is 0 Å². The second-order valence-corrected chi connectivity index (χ2v) is 2.58. The summed E-state index contributed by atoms with van der Waals surface area (Å²) in [5.41, 5.74) is 0. The van der Waals surface area contributed by atoms with Gasteiger partial charge in [0.15, 0.2) is 0 Å². The van der Waals surface area contributed by atoms with Gasteiger partial charge in [0.1, 0.15) is 0 Å². The van der Waals surface area contributed by atoms with Crippen molar-refractivity contribution < 1.29 is 23.2 Å². The molecule has 0 aromatic carbocycles. The van der Waals surface area contributed by atoms with Gasteiger partial charge < -0.3 is 10.2 Å². The lowest BCUT2D eigenvalue weighted by Crippen LogP contribution is -2.06. The SMILES string of the molecule is CO.O=S(=O)(O)CCO. The minimum atomic E-state index is -3.92. The van der Waals surface area contributed by atoms with Gasteiger partial charge in [-0.2, -0.15) is 8.42 Å². The van der Waals surface area contributed by atoms with Crippen LogP contribution in [0.5, 0.6) is 0 Å². The fourth-order valence-corrected chi connectivity index (χ4v) is 0.346. The van der Waals surface area contributed by atoms with Crippen LogP contribution >= 0.6 is 0 Å². The van der Waals surface area contributed by atoms with E-state index in [1.165, 1.54) is 0 Å². The maximum Gasteiger partial charge on any atom is 0.267 e. The fraction of sp³-hybridized carbons (Fsp3) is 1.00. The standard InChI is InChI=1S/C2H6O4S.CH4O/c3-1-2-7(4,5)6;1-2/h3H,1-2H2,(H,4,5,6);2H,1H3. The van der Waals surface area contributed by atoms with Crippen molar-refractivity contribution >= 4 is 10.1 Å². The molecular formula is C3H10O5S. The molecule has 0 aliphatic heterocycles. The van der Waals surface area contributed by atoms with Crippen molar-refractivity contribution in [3.8, 4) is 0 Å². The summed E-state index contributed by atoms with van der Waals surface area (Å²) in [4.78, 5) is 0. The van der Waals surface area contributed by atoms with Gasteiger partial charge in [0.25, 0.3) is 10.1 Å². The summed E-state index contributed by atoms with van der Waals surface area (Å²) in [6.07, 6.45) is 0. The summed E-state index contributed by atoms with van der Waals surface area (Å²) in [6, 6.07) is 0. The third kappa shape index (κ3) is 18.1. The number of hydrogen-bond donors (Lipinski definition) is 3. The van der Waals surface area contributed by atoms with E-state index in [9.17, 15) is 8.42 Å². The molecule has 58 valence electrons. The minimum absolute atomic E-state index is 0.529. The Morgan fingerprint density at radius 1 is 1.33 bits per heavy atom. The molecule has 0 heterocycles. The average Bonchev–Trinajstić information content (AvgIpc) is 1.69. The Bertz CT molecular complexity index is 125. The van der Waals surface area contributed by atoms with Crippen LogP contribution in [-0.2, 0) is 10.1 Å². The van der Waals surface area contributed by atoms with Gasteiger partial charge in [-0.15, -0.1) is 0 Å². The van der Waals surface area contributed by atoms with E-state index >= 15 is 0 Å². The van der Waals surface area contributed by atoms with E-state index in [1.807, 2.05) is 0 Å². The summed E-state index contributed by atoms with van der Waals surface area (Å²) in [5, 5.41) is 14.9. The molecule has 0 aromatic heterocycles. The molecule has 9 heavy (non-hydrogen) atoms. The van der Waals surface area contributed by atoms with Crippen LogP contribution in [-0.4, -0.2) is 42.7 Å². The topological polar surface area (TPSA) is 94.8 Å². The van der Waals surface area contributed by atoms with Crippen LogP contribution in [0.15, 0.2) is 0 Å². The Labute approximate surface area is 53.7 Å². The summed E-state index contributed by atoms with van der Waals surface area (Å²) < 4.78 is 27.1. The second kappa shape index (κ2) is 5.96. The highest BCUT2D eigenvalue weighted by atomic mass is 32.2. The predicted octanol–water partition coefficient (Wildman–Crippen LogP) is -1.52. The zero-order valence-electron chi connectivity index (χ0n) is 4.98. The average molecular weight is 158 g/mol. The molecule has 0 unspecified atom stereocenters. The molecule has 0 aromatic rings. The van der Waals surface area contributed by atoms with E-state index in [-0.39, 0.29) is 0 Å². The van der Waals surface area contributed by atoms with Crippen molar-refractivity contribution in [3.63, 3.8) is 0 Å². The molecule has 5 nitrogen and oxygen atoms in total. The van der Waals surface area contributed by atoms with E-state index in [1.54, 1.807) is 0 Å². The number of hydrogen-bond acceptors (Lipinski definition) is 4. The summed E-state index contributed by atoms with van der Waals surface area (Å²) in [5.74, 6) is -0.576. The molecule has 0 aliphatic rings. The van der Waals surface area contributed by atoms with Crippen LogP contribution in [0, 0.1) is 0 Å². The van der Waals surface area contributed by atoms with E-state index in [4.69, 9.17) is 14.8 Å². The van der Waals surface area contributed by atoms with E-state index in [0.717, 1.165) is 7.11 Å². The molecule has 0 saturated carbocycles. The Morgan fingerprint density at radius 2 is 1.67 bits per heavy atom. The van der Waals surface area contributed by atoms with Crippen molar-refractivity contribution in [2.45, 2.75) is 0 Å². The molecule has 0 spiro atoms. The van der Waals surface area contributed by atoms with Crippen LogP contribution in [0.4, 0.5) is 0 Å². The van der Waals surface area contributed by atoms with Gasteiger partial charge in [0, 0.05) is 7.11 Å². The minimum Gasteiger partial charge on any atom is -0.400 e. The Kier molecular flexibility index (Phi) is 7.68. The summed E-state index contributed by atoms with van der Waals surface area (Å²) >= 11 is 0. The molecular weight excluding hydrogens is 148 g/mol. The Hall–Kier alpha value is -0.170. The molecule has 3 N–H and O–H groups in total. The lowest BCUT2D eigenvalue weighted by atomic mass is 10.9. The number of rotatable bonds is 2. The molecule has 0 amide bonds. The largest absolute Gasteiger partial charge is 0.400 e. The highest BCUT2D eigenvalue weighted by Crippen LogP contribution is 1.75. The van der Waals surface area contributed by atoms with Crippen LogP contribution in [0.3, 0.4) is 0 Å². The molecule has 0 aliphatic carbocycles. The van der Waals surface area contributed by atoms with Gasteiger partial charge in [-0.25, -0.2) is 0 Å². The summed E-state index contributed by atoms with van der Waals surface area (Å²) in [6.45, 7) is -0.529. The Balaban J connectivity index is 0. The van der Waals surface area contributed by atoms with Gasteiger partial charge in [-0.1, -0.05) is 0 Å². The van der Waals surface area contributed by atoms with Gasteiger partial charge in [-0.05, 0) is 0 Å². The fourth-order valence-electron chi connectivity index (χ4n) is 0.115. The van der Waals surface area contributed by atoms with E-state index in [2.05, 4.69) is 0 Å². The first kappa shape index (κ1) is 11.6. The smallest absolute Gasteiger partial charge is 0.267 e. The first-order valence-corrected chi connectivity index (χ1v) is 3.68. The molecule has 0 radical (unpaired) electrons. The molecule has 0 fully saturated rings. The van der Waals surface area contributed by atoms with Gasteiger partial charge in [0.2, 0.25) is 0 Å². The molecule has 0 bridgehead atoms. The van der Waals surface area contributed by atoms with Crippen molar-refractivity contribution in [1.29, 1.82) is 0 Å². The molecule has 6 heteroatoms. The molecule has 0 atom stereocenters. The van der Waals surface area contributed by atoms with Crippen LogP contribution < -0.4 is 0 Å². The van der Waals surface area contributed by atoms with Crippen LogP contribution in [0.2, 0.25) is 0 Å². The lowest BCUT2D eigenvalue weighted by molar-refractivity contribution is 0.315.